The zero-order valence-electron chi connectivity index (χ0n) is 48.5. The van der Waals surface area contributed by atoms with Crippen molar-refractivity contribution in [1.82, 2.24) is 4.57 Å². The molecule has 3 heterocycles. The van der Waals surface area contributed by atoms with E-state index in [-0.39, 0.29) is 37.9 Å². The Morgan fingerprint density at radius 1 is 0.403 bits per heavy atom. The molecule has 0 unspecified atom stereocenters. The molecule has 8 aromatic carbocycles. The number of hydrogen-bond acceptors (Lipinski definition) is 2. The Bertz CT molecular complexity index is 3990. The van der Waals surface area contributed by atoms with Gasteiger partial charge in [0.15, 0.2) is 7.28 Å². The van der Waals surface area contributed by atoms with Crippen LogP contribution in [0.1, 0.15) is 180 Å². The van der Waals surface area contributed by atoms with E-state index in [0.29, 0.717) is 0 Å². The predicted molar refractivity (Wildman–Crippen MR) is 333 cm³/mol. The van der Waals surface area contributed by atoms with E-state index < -0.39 is 0 Å². The van der Waals surface area contributed by atoms with Crippen molar-refractivity contribution in [3.8, 4) is 16.8 Å². The third-order valence-electron chi connectivity index (χ3n) is 21.0. The van der Waals surface area contributed by atoms with Crippen LogP contribution in [0.25, 0.3) is 49.4 Å². The van der Waals surface area contributed by atoms with Crippen LogP contribution in [0.4, 0.5) is 28.4 Å². The standard InChI is InChI=1S/C73H78BN3/c1-67(2)31-32-68(3,4)51-37-44(28-29-48(51)67)75-57-41-54-52(69(5,6)33-35-71(54,9)10)38-46(57)47-39-62(76-58-25-19-17-23-49(58)73(13,14)50-24-18-20-26-59(50)76)64-63-45-22-16-15-21-43(45)27-30-60(63)77-61-42-55-53(40-56(61)74-65(47)66(64)77)70(7,8)34-36-72(55,11)12/h15-30,37-42,74-75H,31-36H2,1-14H3. The van der Waals surface area contributed by atoms with Crippen LogP contribution in [0.5, 0.6) is 0 Å². The summed E-state index contributed by atoms with van der Waals surface area (Å²) in [5.41, 5.74) is 27.3. The second-order valence-electron chi connectivity index (χ2n) is 29.0. The molecule has 0 fully saturated rings. The molecule has 2 aliphatic heterocycles. The molecular weight excluding hydrogens is 930 g/mol. The van der Waals surface area contributed by atoms with E-state index in [9.17, 15) is 0 Å². The van der Waals surface area contributed by atoms with Gasteiger partial charge in [-0.15, -0.1) is 0 Å². The molecule has 0 atom stereocenters. The van der Waals surface area contributed by atoms with E-state index in [0.717, 1.165) is 20.1 Å². The van der Waals surface area contributed by atoms with Gasteiger partial charge < -0.3 is 14.8 Å². The minimum absolute atomic E-state index is 0.00207. The van der Waals surface area contributed by atoms with Crippen molar-refractivity contribution < 1.29 is 0 Å². The van der Waals surface area contributed by atoms with Gasteiger partial charge in [-0.05, 0) is 192 Å². The Morgan fingerprint density at radius 3 is 1.55 bits per heavy atom. The zero-order chi connectivity index (χ0) is 53.7. The molecule has 4 heteroatoms. The highest BCUT2D eigenvalue weighted by Crippen LogP contribution is 2.57. The number of nitrogens with one attached hydrogen (secondary N) is 1. The topological polar surface area (TPSA) is 20.2 Å². The predicted octanol–water partition coefficient (Wildman–Crippen LogP) is 18.2. The molecule has 9 aromatic rings. The monoisotopic (exact) mass is 1010 g/mol. The first-order valence-corrected chi connectivity index (χ1v) is 29.2. The summed E-state index contributed by atoms with van der Waals surface area (Å²) in [6.45, 7) is 34.6. The molecule has 5 aliphatic rings. The highest BCUT2D eigenvalue weighted by atomic mass is 15.2. The van der Waals surface area contributed by atoms with Crippen molar-refractivity contribution >= 4 is 79.2 Å². The molecule has 77 heavy (non-hydrogen) atoms. The number of para-hydroxylation sites is 2. The van der Waals surface area contributed by atoms with Crippen LogP contribution >= 0.6 is 0 Å². The van der Waals surface area contributed by atoms with Crippen LogP contribution in [0.3, 0.4) is 0 Å². The van der Waals surface area contributed by atoms with Gasteiger partial charge in [-0.2, -0.15) is 0 Å². The summed E-state index contributed by atoms with van der Waals surface area (Å²) in [4.78, 5) is 2.67. The quantitative estimate of drug-likeness (QED) is 0.177. The molecule has 0 amide bonds. The minimum atomic E-state index is -0.205. The number of rotatable bonds is 4. The molecule has 3 nitrogen and oxygen atoms in total. The number of hydrogen-bond donors (Lipinski definition) is 1. The maximum absolute atomic E-state index is 4.28. The fraction of sp³-hybridized carbons (Fsp3) is 0.370. The van der Waals surface area contributed by atoms with Crippen LogP contribution in [0, 0.1) is 0 Å². The lowest BCUT2D eigenvalue weighted by atomic mass is 9.55. The van der Waals surface area contributed by atoms with Crippen molar-refractivity contribution in [3.05, 3.63) is 178 Å². The molecule has 0 radical (unpaired) electrons. The second-order valence-corrected chi connectivity index (χ2v) is 29.0. The van der Waals surface area contributed by atoms with Crippen molar-refractivity contribution in [2.24, 2.45) is 0 Å². The lowest BCUT2D eigenvalue weighted by Crippen LogP contribution is -2.41. The van der Waals surface area contributed by atoms with E-state index in [2.05, 4.69) is 245 Å². The molecule has 388 valence electrons. The van der Waals surface area contributed by atoms with E-state index in [1.807, 2.05) is 0 Å². The summed E-state index contributed by atoms with van der Waals surface area (Å²) in [6, 6.07) is 53.1. The van der Waals surface area contributed by atoms with Gasteiger partial charge in [-0.25, -0.2) is 0 Å². The Labute approximate surface area is 459 Å². The van der Waals surface area contributed by atoms with Crippen molar-refractivity contribution in [2.45, 2.75) is 173 Å². The Hall–Kier alpha value is -6.52. The molecule has 0 saturated heterocycles. The average molecular weight is 1010 g/mol. The van der Waals surface area contributed by atoms with Crippen LogP contribution in [-0.2, 0) is 37.9 Å². The van der Waals surface area contributed by atoms with Gasteiger partial charge >= 0.3 is 0 Å². The average Bonchev–Trinajstić information content (AvgIpc) is 4.05. The fourth-order valence-corrected chi connectivity index (χ4v) is 15.7. The summed E-state index contributed by atoms with van der Waals surface area (Å²) in [5.74, 6) is 0. The molecule has 0 spiro atoms. The number of nitrogens with zero attached hydrogens (tertiary/aromatic N) is 2. The van der Waals surface area contributed by atoms with E-state index in [1.54, 1.807) is 0 Å². The maximum atomic E-state index is 4.28. The summed E-state index contributed by atoms with van der Waals surface area (Å²) in [7, 11) is 0.840. The first-order chi connectivity index (χ1) is 36.4. The van der Waals surface area contributed by atoms with Gasteiger partial charge in [0.1, 0.15) is 0 Å². The van der Waals surface area contributed by atoms with Crippen LogP contribution in [0.2, 0.25) is 0 Å². The first-order valence-electron chi connectivity index (χ1n) is 29.2. The van der Waals surface area contributed by atoms with E-state index in [1.165, 1.54) is 159 Å². The smallest absolute Gasteiger partial charge is 0.198 e. The molecule has 14 rings (SSSR count). The SMILES string of the molecule is CC1(C)CCC(C)(C)c2cc(Nc3cc4c(cc3-c3cc(N5c6ccccc6C(C)(C)c6ccccc65)c5c6c7ccccc7ccc6n6c5c3Bc3cc5c(cc3-6)C(C)(C)CCC5(C)C)C(C)(C)CCC4(C)C)ccc21. The maximum Gasteiger partial charge on any atom is 0.198 e. The molecule has 0 saturated carbocycles. The number of fused-ring (bicyclic) bond motifs is 12. The van der Waals surface area contributed by atoms with Crippen molar-refractivity contribution in [2.75, 3.05) is 10.2 Å². The van der Waals surface area contributed by atoms with E-state index in [4.69, 9.17) is 0 Å². The zero-order valence-corrected chi connectivity index (χ0v) is 48.5. The Kier molecular flexibility index (Phi) is 10.0. The first kappa shape index (κ1) is 48.8. The van der Waals surface area contributed by atoms with Gasteiger partial charge in [0.05, 0.1) is 28.1 Å². The van der Waals surface area contributed by atoms with Gasteiger partial charge in [0.25, 0.3) is 0 Å². The summed E-state index contributed by atoms with van der Waals surface area (Å²) in [5, 5.41) is 9.52. The van der Waals surface area contributed by atoms with Crippen LogP contribution in [0.15, 0.2) is 133 Å². The van der Waals surface area contributed by atoms with E-state index >= 15 is 0 Å². The van der Waals surface area contributed by atoms with Crippen molar-refractivity contribution in [3.63, 3.8) is 0 Å². The molecule has 1 aromatic heterocycles. The Balaban J connectivity index is 1.16. The van der Waals surface area contributed by atoms with Crippen molar-refractivity contribution in [1.29, 1.82) is 0 Å². The number of benzene rings is 8. The van der Waals surface area contributed by atoms with Crippen LogP contribution in [-0.4, -0.2) is 11.8 Å². The fourth-order valence-electron chi connectivity index (χ4n) is 15.7. The normalized spacial score (nSPS) is 20.1. The third kappa shape index (κ3) is 6.94. The number of aromatic nitrogens is 1. The summed E-state index contributed by atoms with van der Waals surface area (Å²) in [6.07, 6.45) is 7.04. The van der Waals surface area contributed by atoms with Gasteiger partial charge in [-0.1, -0.05) is 181 Å². The third-order valence-corrected chi connectivity index (χ3v) is 21.0. The van der Waals surface area contributed by atoms with Gasteiger partial charge in [-0.3, -0.25) is 0 Å². The highest BCUT2D eigenvalue weighted by molar-refractivity contribution is 6.74. The summed E-state index contributed by atoms with van der Waals surface area (Å²) < 4.78 is 2.74. The minimum Gasteiger partial charge on any atom is -0.355 e. The molecule has 0 bridgehead atoms. The Morgan fingerprint density at radius 2 is 0.922 bits per heavy atom. The van der Waals surface area contributed by atoms with Gasteiger partial charge in [0.2, 0.25) is 0 Å². The van der Waals surface area contributed by atoms with Crippen LogP contribution < -0.4 is 21.1 Å². The lowest BCUT2D eigenvalue weighted by Gasteiger charge is -2.44. The lowest BCUT2D eigenvalue weighted by molar-refractivity contribution is 0.332. The largest absolute Gasteiger partial charge is 0.355 e. The second kappa shape index (κ2) is 15.8. The highest BCUT2D eigenvalue weighted by Gasteiger charge is 2.44. The van der Waals surface area contributed by atoms with Gasteiger partial charge in [0, 0.05) is 38.8 Å². The molecule has 3 aliphatic carbocycles. The molecule has 1 N–H and O–H groups in total. The molecular formula is C73H78BN3. The summed E-state index contributed by atoms with van der Waals surface area (Å²) >= 11 is 0. The number of anilines is 5.